The zero-order chi connectivity index (χ0) is 13.7. The van der Waals surface area contributed by atoms with Gasteiger partial charge in [0, 0.05) is 6.42 Å². The molecule has 0 fully saturated rings. The van der Waals surface area contributed by atoms with Crippen molar-refractivity contribution in [3.8, 4) is 0 Å². The van der Waals surface area contributed by atoms with Crippen LogP contribution < -0.4 is 0 Å². The highest BCUT2D eigenvalue weighted by Crippen LogP contribution is 2.19. The van der Waals surface area contributed by atoms with Crippen molar-refractivity contribution in [2.24, 2.45) is 5.92 Å². The standard InChI is InChI=1S/C14H18ClFO2/c1-3-10(4-2)14(18)13(17)8-9-5-6-12(16)11(15)7-9/h5-7,10,14,18H,3-4,8H2,1-2H3. The van der Waals surface area contributed by atoms with E-state index in [1.54, 1.807) is 0 Å². The number of halogens is 2. The van der Waals surface area contributed by atoms with Crippen molar-refractivity contribution in [1.82, 2.24) is 0 Å². The second kappa shape index (κ2) is 6.86. The van der Waals surface area contributed by atoms with Gasteiger partial charge in [-0.15, -0.1) is 0 Å². The number of benzene rings is 1. The van der Waals surface area contributed by atoms with E-state index in [0.29, 0.717) is 5.56 Å². The summed E-state index contributed by atoms with van der Waals surface area (Å²) in [5.41, 5.74) is 0.622. The van der Waals surface area contributed by atoms with Crippen LogP contribution in [0.5, 0.6) is 0 Å². The van der Waals surface area contributed by atoms with Crippen molar-refractivity contribution in [1.29, 1.82) is 0 Å². The predicted molar refractivity (Wildman–Crippen MR) is 70.2 cm³/mol. The third kappa shape index (κ3) is 3.79. The predicted octanol–water partition coefficient (Wildman–Crippen LogP) is 3.39. The van der Waals surface area contributed by atoms with E-state index in [-0.39, 0.29) is 23.1 Å². The van der Waals surface area contributed by atoms with Gasteiger partial charge >= 0.3 is 0 Å². The highest BCUT2D eigenvalue weighted by Gasteiger charge is 2.23. The fourth-order valence-corrected chi connectivity index (χ4v) is 2.16. The van der Waals surface area contributed by atoms with Crippen LogP contribution in [0.1, 0.15) is 32.3 Å². The van der Waals surface area contributed by atoms with Crippen molar-refractivity contribution in [2.45, 2.75) is 39.2 Å². The number of Topliss-reactive ketones (excluding diaryl/α,β-unsaturated/α-hetero) is 1. The fraction of sp³-hybridized carbons (Fsp3) is 0.500. The third-order valence-corrected chi connectivity index (χ3v) is 3.48. The minimum absolute atomic E-state index is 0.00248. The fourth-order valence-electron chi connectivity index (χ4n) is 1.95. The molecule has 0 aliphatic carbocycles. The Morgan fingerprint density at radius 2 is 2.00 bits per heavy atom. The van der Waals surface area contributed by atoms with Crippen LogP contribution in [0.3, 0.4) is 0 Å². The van der Waals surface area contributed by atoms with Gasteiger partial charge in [0.25, 0.3) is 0 Å². The molecule has 0 aliphatic heterocycles. The van der Waals surface area contributed by atoms with E-state index in [0.717, 1.165) is 12.8 Å². The number of aliphatic hydroxyl groups is 1. The van der Waals surface area contributed by atoms with Crippen molar-refractivity contribution < 1.29 is 14.3 Å². The summed E-state index contributed by atoms with van der Waals surface area (Å²) in [7, 11) is 0. The summed E-state index contributed by atoms with van der Waals surface area (Å²) in [4.78, 5) is 11.9. The molecular formula is C14H18ClFO2. The molecule has 100 valence electrons. The smallest absolute Gasteiger partial charge is 0.165 e. The van der Waals surface area contributed by atoms with Crippen LogP contribution in [0.15, 0.2) is 18.2 Å². The minimum atomic E-state index is -0.955. The molecule has 4 heteroatoms. The summed E-state index contributed by atoms with van der Waals surface area (Å²) in [6.45, 7) is 3.89. The summed E-state index contributed by atoms with van der Waals surface area (Å²) < 4.78 is 13.0. The number of carbonyl (C=O) groups is 1. The molecule has 0 saturated heterocycles. The van der Waals surface area contributed by atoms with Crippen LogP contribution in [-0.4, -0.2) is 17.0 Å². The van der Waals surface area contributed by atoms with E-state index in [4.69, 9.17) is 11.6 Å². The Morgan fingerprint density at radius 1 is 1.39 bits per heavy atom. The van der Waals surface area contributed by atoms with Gasteiger partial charge in [0.2, 0.25) is 0 Å². The van der Waals surface area contributed by atoms with E-state index >= 15 is 0 Å². The van der Waals surface area contributed by atoms with E-state index in [1.807, 2.05) is 13.8 Å². The Balaban J connectivity index is 2.72. The number of hydrogen-bond acceptors (Lipinski definition) is 2. The van der Waals surface area contributed by atoms with E-state index in [2.05, 4.69) is 0 Å². The van der Waals surface area contributed by atoms with Gasteiger partial charge < -0.3 is 5.11 Å². The van der Waals surface area contributed by atoms with Crippen molar-refractivity contribution in [3.05, 3.63) is 34.6 Å². The van der Waals surface area contributed by atoms with Crippen molar-refractivity contribution in [3.63, 3.8) is 0 Å². The molecule has 0 aliphatic rings. The molecule has 0 bridgehead atoms. The van der Waals surface area contributed by atoms with Gasteiger partial charge in [-0.2, -0.15) is 0 Å². The number of aliphatic hydroxyl groups excluding tert-OH is 1. The summed E-state index contributed by atoms with van der Waals surface area (Å²) in [6, 6.07) is 4.17. The summed E-state index contributed by atoms with van der Waals surface area (Å²) in [5, 5.41) is 9.90. The number of rotatable bonds is 6. The first-order chi connectivity index (χ1) is 8.49. The normalized spacial score (nSPS) is 12.8. The van der Waals surface area contributed by atoms with Gasteiger partial charge in [0.05, 0.1) is 5.02 Å². The second-order valence-electron chi connectivity index (χ2n) is 4.41. The first-order valence-electron chi connectivity index (χ1n) is 6.14. The molecule has 1 unspecified atom stereocenters. The average molecular weight is 273 g/mol. The third-order valence-electron chi connectivity index (χ3n) is 3.19. The van der Waals surface area contributed by atoms with Crippen LogP contribution in [0.4, 0.5) is 4.39 Å². The van der Waals surface area contributed by atoms with Gasteiger partial charge in [-0.3, -0.25) is 4.79 Å². The molecule has 1 aromatic carbocycles. The maximum absolute atomic E-state index is 13.0. The summed E-state index contributed by atoms with van der Waals surface area (Å²) >= 11 is 5.65. The Labute approximate surface area is 112 Å². The van der Waals surface area contributed by atoms with Gasteiger partial charge in [0.1, 0.15) is 11.9 Å². The first kappa shape index (κ1) is 15.1. The largest absolute Gasteiger partial charge is 0.385 e. The molecule has 1 N–H and O–H groups in total. The van der Waals surface area contributed by atoms with Gasteiger partial charge in [-0.25, -0.2) is 4.39 Å². The van der Waals surface area contributed by atoms with E-state index < -0.39 is 11.9 Å². The minimum Gasteiger partial charge on any atom is -0.385 e. The SMILES string of the molecule is CCC(CC)C(O)C(=O)Cc1ccc(F)c(Cl)c1. The molecule has 0 radical (unpaired) electrons. The molecule has 1 rings (SSSR count). The number of carbonyl (C=O) groups excluding carboxylic acids is 1. The van der Waals surface area contributed by atoms with Crippen LogP contribution in [0, 0.1) is 11.7 Å². The molecule has 0 heterocycles. The van der Waals surface area contributed by atoms with E-state index in [1.165, 1.54) is 18.2 Å². The monoisotopic (exact) mass is 272 g/mol. The molecular weight excluding hydrogens is 255 g/mol. The lowest BCUT2D eigenvalue weighted by atomic mass is 9.91. The Bertz CT molecular complexity index is 416. The van der Waals surface area contributed by atoms with Crippen LogP contribution in [0.2, 0.25) is 5.02 Å². The molecule has 0 amide bonds. The second-order valence-corrected chi connectivity index (χ2v) is 4.82. The Kier molecular flexibility index (Phi) is 5.76. The Hall–Kier alpha value is -0.930. The molecule has 0 spiro atoms. The molecule has 0 aromatic heterocycles. The van der Waals surface area contributed by atoms with Gasteiger partial charge in [0.15, 0.2) is 5.78 Å². The number of hydrogen-bond donors (Lipinski definition) is 1. The molecule has 0 saturated carbocycles. The van der Waals surface area contributed by atoms with Crippen LogP contribution in [-0.2, 0) is 11.2 Å². The van der Waals surface area contributed by atoms with Crippen LogP contribution >= 0.6 is 11.6 Å². The molecule has 1 aromatic rings. The maximum Gasteiger partial charge on any atom is 0.165 e. The highest BCUT2D eigenvalue weighted by molar-refractivity contribution is 6.30. The number of ketones is 1. The van der Waals surface area contributed by atoms with Crippen molar-refractivity contribution in [2.75, 3.05) is 0 Å². The zero-order valence-electron chi connectivity index (χ0n) is 10.6. The zero-order valence-corrected chi connectivity index (χ0v) is 11.4. The lowest BCUT2D eigenvalue weighted by Gasteiger charge is -2.18. The van der Waals surface area contributed by atoms with Gasteiger partial charge in [-0.1, -0.05) is 44.4 Å². The van der Waals surface area contributed by atoms with Crippen LogP contribution in [0.25, 0.3) is 0 Å². The molecule has 18 heavy (non-hydrogen) atoms. The first-order valence-corrected chi connectivity index (χ1v) is 6.52. The van der Waals surface area contributed by atoms with Crippen molar-refractivity contribution >= 4 is 17.4 Å². The Morgan fingerprint density at radius 3 is 2.50 bits per heavy atom. The summed E-state index contributed by atoms with van der Waals surface area (Å²) in [6.07, 6.45) is 0.641. The van der Waals surface area contributed by atoms with Gasteiger partial charge in [-0.05, 0) is 23.6 Å². The lowest BCUT2D eigenvalue weighted by Crippen LogP contribution is -2.30. The molecule has 1 atom stereocenters. The maximum atomic E-state index is 13.0. The quantitative estimate of drug-likeness (QED) is 0.862. The topological polar surface area (TPSA) is 37.3 Å². The molecule has 2 nitrogen and oxygen atoms in total. The average Bonchev–Trinajstić information content (AvgIpc) is 2.35. The highest BCUT2D eigenvalue weighted by atomic mass is 35.5. The van der Waals surface area contributed by atoms with E-state index in [9.17, 15) is 14.3 Å². The summed E-state index contributed by atoms with van der Waals surface area (Å²) in [5.74, 6) is -0.770. The lowest BCUT2D eigenvalue weighted by molar-refractivity contribution is -0.129.